The molecule has 1 aliphatic carbocycles. The number of rotatable bonds is 6. The number of hydrogen-bond acceptors (Lipinski definition) is 2. The monoisotopic (exact) mass is 378 g/mol. The van der Waals surface area contributed by atoms with Crippen LogP contribution in [0.15, 0.2) is 70.6 Å². The molecule has 0 radical (unpaired) electrons. The zero-order valence-corrected chi connectivity index (χ0v) is 16.2. The van der Waals surface area contributed by atoms with Gasteiger partial charge in [-0.15, -0.1) is 0 Å². The first-order valence-corrected chi connectivity index (χ1v) is 9.93. The highest BCUT2D eigenvalue weighted by Crippen LogP contribution is 2.29. The Balaban J connectivity index is 1.37. The summed E-state index contributed by atoms with van der Waals surface area (Å²) in [4.78, 5) is 9.03. The number of nitrogens with one attached hydrogen (secondary N) is 2. The average Bonchev–Trinajstić information content (AvgIpc) is 2.73. The summed E-state index contributed by atoms with van der Waals surface area (Å²) in [6.07, 6.45) is 4.64. The van der Waals surface area contributed by atoms with E-state index in [1.807, 2.05) is 60.7 Å². The maximum Gasteiger partial charge on any atom is 0.193 e. The van der Waals surface area contributed by atoms with Gasteiger partial charge in [-0.2, -0.15) is 0 Å². The molecule has 0 saturated heterocycles. The van der Waals surface area contributed by atoms with Gasteiger partial charge < -0.3 is 22.1 Å². The van der Waals surface area contributed by atoms with Crippen molar-refractivity contribution in [3.05, 3.63) is 60.7 Å². The van der Waals surface area contributed by atoms with Crippen molar-refractivity contribution in [2.24, 2.45) is 33.3 Å². The van der Waals surface area contributed by atoms with Crippen LogP contribution in [-0.4, -0.2) is 25.0 Å². The van der Waals surface area contributed by atoms with Crippen molar-refractivity contribution in [2.45, 2.75) is 25.7 Å². The lowest BCUT2D eigenvalue weighted by molar-refractivity contribution is 0.286. The predicted octanol–water partition coefficient (Wildman–Crippen LogP) is 3.65. The van der Waals surface area contributed by atoms with Crippen LogP contribution in [0, 0.1) is 11.8 Å². The Bertz CT molecular complexity index is 697. The fourth-order valence-corrected chi connectivity index (χ4v) is 3.47. The van der Waals surface area contributed by atoms with Crippen molar-refractivity contribution >= 4 is 23.3 Å². The van der Waals surface area contributed by atoms with Crippen molar-refractivity contribution in [3.63, 3.8) is 0 Å². The first kappa shape index (κ1) is 19.7. The van der Waals surface area contributed by atoms with Crippen LogP contribution in [0.25, 0.3) is 0 Å². The first-order valence-electron chi connectivity index (χ1n) is 9.93. The second-order valence-electron chi connectivity index (χ2n) is 7.32. The summed E-state index contributed by atoms with van der Waals surface area (Å²) in [5.74, 6) is 2.16. The summed E-state index contributed by atoms with van der Waals surface area (Å²) in [6.45, 7) is 1.55. The van der Waals surface area contributed by atoms with Crippen LogP contribution in [0.3, 0.4) is 0 Å². The molecule has 0 atom stereocenters. The van der Waals surface area contributed by atoms with Crippen LogP contribution in [0.1, 0.15) is 25.7 Å². The van der Waals surface area contributed by atoms with Gasteiger partial charge in [0, 0.05) is 24.5 Å². The van der Waals surface area contributed by atoms with Gasteiger partial charge in [0.25, 0.3) is 0 Å². The third-order valence-electron chi connectivity index (χ3n) is 5.10. The van der Waals surface area contributed by atoms with Crippen LogP contribution in [-0.2, 0) is 0 Å². The molecule has 0 bridgehead atoms. The molecular formula is C22H30N6. The standard InChI is InChI=1S/C22H30N6/c23-21(27-19-7-3-1-4-8-19)25-15-17-11-13-18(14-12-17)16-26-22(24)28-20-9-5-2-6-10-20/h1-10,17-18H,11-16H2,(H3,23,25,27)(H3,24,26,28). The van der Waals surface area contributed by atoms with Gasteiger partial charge in [-0.1, -0.05) is 36.4 Å². The topological polar surface area (TPSA) is 101 Å². The van der Waals surface area contributed by atoms with E-state index in [0.29, 0.717) is 23.8 Å². The maximum atomic E-state index is 5.99. The Morgan fingerprint density at radius 1 is 0.679 bits per heavy atom. The van der Waals surface area contributed by atoms with Crippen molar-refractivity contribution in [1.82, 2.24) is 0 Å². The molecule has 28 heavy (non-hydrogen) atoms. The highest BCUT2D eigenvalue weighted by Gasteiger charge is 2.20. The Morgan fingerprint density at radius 3 is 1.39 bits per heavy atom. The highest BCUT2D eigenvalue weighted by atomic mass is 15.1. The third kappa shape index (κ3) is 6.61. The SMILES string of the molecule is NC(=NCC1CCC(CN=C(N)Nc2ccccc2)CC1)Nc1ccccc1. The lowest BCUT2D eigenvalue weighted by Crippen LogP contribution is -2.26. The van der Waals surface area contributed by atoms with Crippen molar-refractivity contribution in [1.29, 1.82) is 0 Å². The number of nitrogens with two attached hydrogens (primary N) is 2. The van der Waals surface area contributed by atoms with Gasteiger partial charge in [-0.05, 0) is 61.8 Å². The van der Waals surface area contributed by atoms with E-state index in [-0.39, 0.29) is 0 Å². The van der Waals surface area contributed by atoms with Gasteiger partial charge in [0.15, 0.2) is 11.9 Å². The van der Waals surface area contributed by atoms with Gasteiger partial charge in [-0.3, -0.25) is 9.98 Å². The van der Waals surface area contributed by atoms with Crippen LogP contribution in [0.5, 0.6) is 0 Å². The van der Waals surface area contributed by atoms with E-state index in [2.05, 4.69) is 20.6 Å². The number of para-hydroxylation sites is 2. The van der Waals surface area contributed by atoms with Crippen LogP contribution in [0.2, 0.25) is 0 Å². The van der Waals surface area contributed by atoms with E-state index >= 15 is 0 Å². The third-order valence-corrected chi connectivity index (χ3v) is 5.10. The molecule has 1 aliphatic rings. The molecule has 1 saturated carbocycles. The van der Waals surface area contributed by atoms with Gasteiger partial charge in [0.2, 0.25) is 0 Å². The fraction of sp³-hybridized carbons (Fsp3) is 0.364. The second kappa shape index (κ2) is 10.3. The predicted molar refractivity (Wildman–Crippen MR) is 119 cm³/mol. The van der Waals surface area contributed by atoms with Crippen LogP contribution in [0.4, 0.5) is 11.4 Å². The number of anilines is 2. The van der Waals surface area contributed by atoms with Crippen molar-refractivity contribution in [3.8, 4) is 0 Å². The van der Waals surface area contributed by atoms with Gasteiger partial charge >= 0.3 is 0 Å². The van der Waals surface area contributed by atoms with Gasteiger partial charge in [0.05, 0.1) is 0 Å². The smallest absolute Gasteiger partial charge is 0.193 e. The molecule has 148 valence electrons. The molecule has 0 amide bonds. The molecule has 3 rings (SSSR count). The van der Waals surface area contributed by atoms with Crippen molar-refractivity contribution in [2.75, 3.05) is 23.7 Å². The number of nitrogens with zero attached hydrogens (tertiary/aromatic N) is 2. The second-order valence-corrected chi connectivity index (χ2v) is 7.32. The minimum atomic E-state index is 0.484. The van der Waals surface area contributed by atoms with E-state index in [1.165, 1.54) is 0 Å². The minimum absolute atomic E-state index is 0.484. The summed E-state index contributed by atoms with van der Waals surface area (Å²) in [7, 11) is 0. The van der Waals surface area contributed by atoms with Gasteiger partial charge in [-0.25, -0.2) is 0 Å². The van der Waals surface area contributed by atoms with Gasteiger partial charge in [0.1, 0.15) is 0 Å². The fourth-order valence-electron chi connectivity index (χ4n) is 3.47. The largest absolute Gasteiger partial charge is 0.370 e. The van der Waals surface area contributed by atoms with E-state index in [9.17, 15) is 0 Å². The molecule has 0 heterocycles. The lowest BCUT2D eigenvalue weighted by atomic mass is 9.82. The minimum Gasteiger partial charge on any atom is -0.370 e. The Morgan fingerprint density at radius 2 is 1.04 bits per heavy atom. The molecule has 0 spiro atoms. The van der Waals surface area contributed by atoms with E-state index in [1.54, 1.807) is 0 Å². The van der Waals surface area contributed by atoms with E-state index in [0.717, 1.165) is 50.1 Å². The molecule has 6 N–H and O–H groups in total. The molecule has 2 aromatic rings. The molecule has 1 fully saturated rings. The highest BCUT2D eigenvalue weighted by molar-refractivity contribution is 5.92. The van der Waals surface area contributed by atoms with Crippen LogP contribution >= 0.6 is 0 Å². The molecule has 6 heteroatoms. The molecule has 0 unspecified atom stereocenters. The Kier molecular flexibility index (Phi) is 7.29. The van der Waals surface area contributed by atoms with Crippen molar-refractivity contribution < 1.29 is 0 Å². The quantitative estimate of drug-likeness (QED) is 0.455. The summed E-state index contributed by atoms with van der Waals surface area (Å²) >= 11 is 0. The summed E-state index contributed by atoms with van der Waals surface area (Å²) in [5.41, 5.74) is 13.9. The van der Waals surface area contributed by atoms with E-state index in [4.69, 9.17) is 11.5 Å². The zero-order valence-electron chi connectivity index (χ0n) is 16.2. The molecule has 0 aliphatic heterocycles. The number of benzene rings is 2. The molecule has 6 nitrogen and oxygen atoms in total. The Labute approximate surface area is 167 Å². The zero-order chi connectivity index (χ0) is 19.6. The summed E-state index contributed by atoms with van der Waals surface area (Å²) in [6, 6.07) is 19.8. The summed E-state index contributed by atoms with van der Waals surface area (Å²) in [5, 5.41) is 6.26. The molecule has 2 aromatic carbocycles. The number of guanidine groups is 2. The maximum absolute atomic E-state index is 5.99. The molecular weight excluding hydrogens is 348 g/mol. The van der Waals surface area contributed by atoms with Crippen LogP contribution < -0.4 is 22.1 Å². The lowest BCUT2D eigenvalue weighted by Gasteiger charge is -2.26. The average molecular weight is 379 g/mol. The first-order chi connectivity index (χ1) is 13.7. The number of aliphatic imine (C=N–C) groups is 2. The molecule has 0 aromatic heterocycles. The summed E-state index contributed by atoms with van der Waals surface area (Å²) < 4.78 is 0. The number of hydrogen-bond donors (Lipinski definition) is 4. The Hall–Kier alpha value is -3.02. The van der Waals surface area contributed by atoms with E-state index < -0.39 is 0 Å². The normalized spacial score (nSPS) is 20.6.